The minimum absolute atomic E-state index is 0.00178. The topological polar surface area (TPSA) is 66.4 Å². The van der Waals surface area contributed by atoms with Crippen molar-refractivity contribution in [2.45, 2.75) is 30.9 Å². The number of carbonyl (C=O) groups excluding carboxylic acids is 1. The second-order valence-corrected chi connectivity index (χ2v) is 6.50. The number of rotatable bonds is 4. The normalized spacial score (nSPS) is 22.2. The third-order valence-corrected chi connectivity index (χ3v) is 4.79. The zero-order valence-electron chi connectivity index (χ0n) is 10.8. The van der Waals surface area contributed by atoms with E-state index in [0.29, 0.717) is 5.69 Å². The summed E-state index contributed by atoms with van der Waals surface area (Å²) < 4.78 is -0.334. The molecule has 1 aromatic carbocycles. The number of hydrogen-bond donors (Lipinski definition) is 2. The van der Waals surface area contributed by atoms with Crippen molar-refractivity contribution in [1.29, 1.82) is 0 Å². The van der Waals surface area contributed by atoms with Crippen LogP contribution in [-0.4, -0.2) is 27.5 Å². The Balaban J connectivity index is 1.99. The largest absolute Gasteiger partial charge is 0.481 e. The average Bonchev–Trinajstić information content (AvgIpc) is 2.79. The number of amides is 1. The van der Waals surface area contributed by atoms with Crippen molar-refractivity contribution >= 4 is 29.3 Å². The summed E-state index contributed by atoms with van der Waals surface area (Å²) in [6, 6.07) is 6.96. The molecule has 2 rings (SSSR count). The smallest absolute Gasteiger partial charge is 0.307 e. The molecular formula is C14H17NO3S. The first-order valence-electron chi connectivity index (χ1n) is 6.26. The predicted octanol–water partition coefficient (Wildman–Crippen LogP) is 2.54. The summed E-state index contributed by atoms with van der Waals surface area (Å²) in [5.41, 5.74) is 1.44. The van der Waals surface area contributed by atoms with E-state index in [1.54, 1.807) is 36.0 Å². The fraction of sp³-hybridized carbons (Fsp3) is 0.429. The molecule has 1 fully saturated rings. The van der Waals surface area contributed by atoms with E-state index in [1.807, 2.05) is 6.92 Å². The lowest BCUT2D eigenvalue weighted by atomic mass is 10.0. The molecule has 1 amide bonds. The molecule has 0 aromatic heterocycles. The van der Waals surface area contributed by atoms with Crippen LogP contribution in [-0.2, 0) is 16.0 Å². The highest BCUT2D eigenvalue weighted by Gasteiger charge is 2.37. The minimum atomic E-state index is -0.855. The maximum Gasteiger partial charge on any atom is 0.307 e. The van der Waals surface area contributed by atoms with Crippen LogP contribution in [0.4, 0.5) is 5.69 Å². The first-order valence-corrected chi connectivity index (χ1v) is 7.24. The Morgan fingerprint density at radius 1 is 1.37 bits per heavy atom. The van der Waals surface area contributed by atoms with Gasteiger partial charge in [0.15, 0.2) is 0 Å². The van der Waals surface area contributed by atoms with E-state index in [-0.39, 0.29) is 17.1 Å². The molecule has 1 heterocycles. The van der Waals surface area contributed by atoms with Gasteiger partial charge in [-0.05, 0) is 43.2 Å². The van der Waals surface area contributed by atoms with Gasteiger partial charge in [0, 0.05) is 5.69 Å². The number of anilines is 1. The molecule has 2 N–H and O–H groups in total. The van der Waals surface area contributed by atoms with Gasteiger partial charge in [0.05, 0.1) is 11.2 Å². The van der Waals surface area contributed by atoms with Crippen LogP contribution in [0.1, 0.15) is 25.3 Å². The summed E-state index contributed by atoms with van der Waals surface area (Å²) in [5.74, 6) is 0.203. The van der Waals surface area contributed by atoms with E-state index in [2.05, 4.69) is 5.32 Å². The highest BCUT2D eigenvalue weighted by atomic mass is 32.2. The van der Waals surface area contributed by atoms with Gasteiger partial charge in [0.25, 0.3) is 0 Å². The van der Waals surface area contributed by atoms with Gasteiger partial charge in [-0.25, -0.2) is 0 Å². The Morgan fingerprint density at radius 2 is 2.05 bits per heavy atom. The molecule has 1 aliphatic heterocycles. The van der Waals surface area contributed by atoms with Gasteiger partial charge in [0.1, 0.15) is 0 Å². The summed E-state index contributed by atoms with van der Waals surface area (Å²) in [6.45, 7) is 1.97. The second-order valence-electron chi connectivity index (χ2n) is 4.90. The van der Waals surface area contributed by atoms with Gasteiger partial charge >= 0.3 is 5.97 Å². The first kappa shape index (κ1) is 13.9. The third-order valence-electron chi connectivity index (χ3n) is 3.27. The van der Waals surface area contributed by atoms with E-state index in [1.165, 1.54) is 0 Å². The van der Waals surface area contributed by atoms with Crippen molar-refractivity contribution in [3.05, 3.63) is 29.8 Å². The number of carboxylic acids is 1. The van der Waals surface area contributed by atoms with Gasteiger partial charge in [-0.2, -0.15) is 0 Å². The number of nitrogens with one attached hydrogen (secondary N) is 1. The van der Waals surface area contributed by atoms with Crippen molar-refractivity contribution in [2.75, 3.05) is 11.1 Å². The highest BCUT2D eigenvalue weighted by Crippen LogP contribution is 2.38. The van der Waals surface area contributed by atoms with Crippen LogP contribution in [0.25, 0.3) is 0 Å². The summed E-state index contributed by atoms with van der Waals surface area (Å²) >= 11 is 1.69. The van der Waals surface area contributed by atoms with Crippen molar-refractivity contribution in [2.24, 2.45) is 0 Å². The Kier molecular flexibility index (Phi) is 4.14. The lowest BCUT2D eigenvalue weighted by Gasteiger charge is -2.21. The summed E-state index contributed by atoms with van der Waals surface area (Å²) in [5, 5.41) is 11.6. The average molecular weight is 279 g/mol. The molecule has 1 saturated heterocycles. The van der Waals surface area contributed by atoms with Crippen LogP contribution in [0.15, 0.2) is 24.3 Å². The first-order chi connectivity index (χ1) is 8.99. The summed E-state index contributed by atoms with van der Waals surface area (Å²) in [7, 11) is 0. The van der Waals surface area contributed by atoms with Gasteiger partial charge in [0.2, 0.25) is 5.91 Å². The zero-order chi connectivity index (χ0) is 13.9. The summed E-state index contributed by atoms with van der Waals surface area (Å²) in [6.07, 6.45) is 1.98. The van der Waals surface area contributed by atoms with Crippen molar-refractivity contribution in [3.63, 3.8) is 0 Å². The lowest BCUT2D eigenvalue weighted by molar-refractivity contribution is -0.136. The number of aliphatic carboxylic acids is 1. The van der Waals surface area contributed by atoms with Crippen LogP contribution in [0.5, 0.6) is 0 Å². The van der Waals surface area contributed by atoms with Crippen LogP contribution in [0.3, 0.4) is 0 Å². The molecule has 1 aromatic rings. The molecule has 5 heteroatoms. The number of hydrogen-bond acceptors (Lipinski definition) is 3. The quantitative estimate of drug-likeness (QED) is 0.889. The molecule has 0 saturated carbocycles. The maximum absolute atomic E-state index is 12.2. The molecule has 102 valence electrons. The standard InChI is InChI=1S/C14H17NO3S/c1-14(7-2-8-19-14)13(18)15-11-5-3-10(4-6-11)9-12(16)17/h3-6H,2,7-9H2,1H3,(H,15,18)(H,16,17). The van der Waals surface area contributed by atoms with E-state index < -0.39 is 5.97 Å². The van der Waals surface area contributed by atoms with E-state index in [0.717, 1.165) is 24.2 Å². The predicted molar refractivity (Wildman–Crippen MR) is 76.5 cm³/mol. The van der Waals surface area contributed by atoms with Crippen molar-refractivity contribution < 1.29 is 14.7 Å². The lowest BCUT2D eigenvalue weighted by Crippen LogP contribution is -2.34. The van der Waals surface area contributed by atoms with Crippen LogP contribution < -0.4 is 5.32 Å². The Morgan fingerprint density at radius 3 is 2.58 bits per heavy atom. The monoisotopic (exact) mass is 279 g/mol. The molecular weight excluding hydrogens is 262 g/mol. The number of benzene rings is 1. The molecule has 0 aliphatic carbocycles. The fourth-order valence-electron chi connectivity index (χ4n) is 2.10. The molecule has 1 atom stereocenters. The number of carbonyl (C=O) groups is 2. The van der Waals surface area contributed by atoms with E-state index in [9.17, 15) is 9.59 Å². The van der Waals surface area contributed by atoms with E-state index >= 15 is 0 Å². The molecule has 0 spiro atoms. The molecule has 19 heavy (non-hydrogen) atoms. The number of thioether (sulfide) groups is 1. The molecule has 0 radical (unpaired) electrons. The van der Waals surface area contributed by atoms with E-state index in [4.69, 9.17) is 5.11 Å². The minimum Gasteiger partial charge on any atom is -0.481 e. The molecule has 1 aliphatic rings. The molecule has 0 bridgehead atoms. The maximum atomic E-state index is 12.2. The molecule has 4 nitrogen and oxygen atoms in total. The van der Waals surface area contributed by atoms with Gasteiger partial charge in [-0.1, -0.05) is 12.1 Å². The van der Waals surface area contributed by atoms with Crippen molar-refractivity contribution in [3.8, 4) is 0 Å². The van der Waals surface area contributed by atoms with Gasteiger partial charge < -0.3 is 10.4 Å². The second kappa shape index (κ2) is 5.65. The Hall–Kier alpha value is -1.49. The zero-order valence-corrected chi connectivity index (χ0v) is 11.6. The van der Waals surface area contributed by atoms with Crippen LogP contribution >= 0.6 is 11.8 Å². The highest BCUT2D eigenvalue weighted by molar-refractivity contribution is 8.01. The van der Waals surface area contributed by atoms with Crippen molar-refractivity contribution in [1.82, 2.24) is 0 Å². The number of carboxylic acid groups (broad SMARTS) is 1. The Labute approximate surface area is 116 Å². The fourth-order valence-corrected chi connectivity index (χ4v) is 3.31. The van der Waals surface area contributed by atoms with Crippen LogP contribution in [0, 0.1) is 0 Å². The van der Waals surface area contributed by atoms with Crippen LogP contribution in [0.2, 0.25) is 0 Å². The summed E-state index contributed by atoms with van der Waals surface area (Å²) in [4.78, 5) is 22.7. The molecule has 1 unspecified atom stereocenters. The van der Waals surface area contributed by atoms with Gasteiger partial charge in [-0.15, -0.1) is 11.8 Å². The SMILES string of the molecule is CC1(C(=O)Nc2ccc(CC(=O)O)cc2)CCCS1. The Bertz CT molecular complexity index is 478. The third kappa shape index (κ3) is 3.50. The van der Waals surface area contributed by atoms with Gasteiger partial charge in [-0.3, -0.25) is 9.59 Å².